The van der Waals surface area contributed by atoms with Crippen LogP contribution in [0.3, 0.4) is 0 Å². The molecule has 17 heavy (non-hydrogen) atoms. The Bertz CT molecular complexity index is 482. The summed E-state index contributed by atoms with van der Waals surface area (Å²) in [5, 5.41) is 4.33. The SMILES string of the molecule is COc1cccc(-n2cc(CCCCl)cn2)c1. The molecule has 1 aromatic carbocycles. The van der Waals surface area contributed by atoms with Gasteiger partial charge in [0.25, 0.3) is 0 Å². The first-order valence-electron chi connectivity index (χ1n) is 5.57. The van der Waals surface area contributed by atoms with E-state index in [-0.39, 0.29) is 0 Å². The summed E-state index contributed by atoms with van der Waals surface area (Å²) in [6.45, 7) is 0. The number of alkyl halides is 1. The fourth-order valence-corrected chi connectivity index (χ4v) is 1.79. The van der Waals surface area contributed by atoms with Crippen molar-refractivity contribution in [2.45, 2.75) is 12.8 Å². The van der Waals surface area contributed by atoms with Crippen molar-refractivity contribution in [1.29, 1.82) is 0 Å². The summed E-state index contributed by atoms with van der Waals surface area (Å²) in [7, 11) is 1.66. The zero-order valence-electron chi connectivity index (χ0n) is 9.77. The van der Waals surface area contributed by atoms with Crippen LogP contribution in [0, 0.1) is 0 Å². The molecule has 90 valence electrons. The predicted octanol–water partition coefficient (Wildman–Crippen LogP) is 3.05. The highest BCUT2D eigenvalue weighted by Gasteiger charge is 2.02. The quantitative estimate of drug-likeness (QED) is 0.763. The van der Waals surface area contributed by atoms with Crippen molar-refractivity contribution in [3.63, 3.8) is 0 Å². The van der Waals surface area contributed by atoms with Gasteiger partial charge in [0, 0.05) is 18.1 Å². The van der Waals surface area contributed by atoms with Crippen molar-refractivity contribution in [2.24, 2.45) is 0 Å². The molecule has 0 aliphatic carbocycles. The Morgan fingerprint density at radius 1 is 1.41 bits per heavy atom. The average molecular weight is 251 g/mol. The molecule has 0 aliphatic heterocycles. The van der Waals surface area contributed by atoms with Gasteiger partial charge in [-0.05, 0) is 30.5 Å². The van der Waals surface area contributed by atoms with Crippen molar-refractivity contribution in [2.75, 3.05) is 13.0 Å². The van der Waals surface area contributed by atoms with Crippen molar-refractivity contribution in [3.05, 3.63) is 42.2 Å². The molecule has 0 spiro atoms. The monoisotopic (exact) mass is 250 g/mol. The number of benzene rings is 1. The van der Waals surface area contributed by atoms with E-state index in [4.69, 9.17) is 16.3 Å². The molecule has 3 nitrogen and oxygen atoms in total. The zero-order chi connectivity index (χ0) is 12.1. The van der Waals surface area contributed by atoms with Crippen LogP contribution in [0.4, 0.5) is 0 Å². The smallest absolute Gasteiger partial charge is 0.121 e. The molecule has 0 N–H and O–H groups in total. The number of methoxy groups -OCH3 is 1. The Balaban J connectivity index is 2.18. The fraction of sp³-hybridized carbons (Fsp3) is 0.308. The lowest BCUT2D eigenvalue weighted by Crippen LogP contribution is -1.94. The summed E-state index contributed by atoms with van der Waals surface area (Å²) in [4.78, 5) is 0. The van der Waals surface area contributed by atoms with Gasteiger partial charge in [-0.25, -0.2) is 4.68 Å². The maximum absolute atomic E-state index is 5.67. The molecule has 0 saturated carbocycles. The Hall–Kier alpha value is -1.48. The summed E-state index contributed by atoms with van der Waals surface area (Å²) in [6.07, 6.45) is 5.85. The molecule has 1 aromatic heterocycles. The molecule has 0 unspecified atom stereocenters. The number of hydrogen-bond donors (Lipinski definition) is 0. The Kier molecular flexibility index (Phi) is 4.04. The van der Waals surface area contributed by atoms with Gasteiger partial charge in [0.2, 0.25) is 0 Å². The molecule has 0 radical (unpaired) electrons. The largest absolute Gasteiger partial charge is 0.497 e. The van der Waals surface area contributed by atoms with E-state index in [1.807, 2.05) is 41.3 Å². The van der Waals surface area contributed by atoms with Crippen LogP contribution in [0.25, 0.3) is 5.69 Å². The van der Waals surface area contributed by atoms with Gasteiger partial charge in [0.1, 0.15) is 5.75 Å². The minimum absolute atomic E-state index is 0.685. The Morgan fingerprint density at radius 3 is 3.06 bits per heavy atom. The maximum atomic E-state index is 5.67. The Morgan fingerprint density at radius 2 is 2.29 bits per heavy atom. The van der Waals surface area contributed by atoms with Gasteiger partial charge in [-0.2, -0.15) is 5.10 Å². The summed E-state index contributed by atoms with van der Waals surface area (Å²) < 4.78 is 7.04. The second kappa shape index (κ2) is 5.73. The van der Waals surface area contributed by atoms with Crippen LogP contribution in [-0.2, 0) is 6.42 Å². The van der Waals surface area contributed by atoms with Crippen molar-refractivity contribution < 1.29 is 4.74 Å². The van der Waals surface area contributed by atoms with Gasteiger partial charge < -0.3 is 4.74 Å². The van der Waals surface area contributed by atoms with Crippen LogP contribution in [-0.4, -0.2) is 22.8 Å². The van der Waals surface area contributed by atoms with Gasteiger partial charge in [-0.3, -0.25) is 0 Å². The topological polar surface area (TPSA) is 27.1 Å². The van der Waals surface area contributed by atoms with Crippen LogP contribution in [0.5, 0.6) is 5.75 Å². The van der Waals surface area contributed by atoms with Crippen LogP contribution in [0.2, 0.25) is 0 Å². The molecular weight excluding hydrogens is 236 g/mol. The highest BCUT2D eigenvalue weighted by atomic mass is 35.5. The third-order valence-electron chi connectivity index (χ3n) is 2.55. The number of nitrogens with zero attached hydrogens (tertiary/aromatic N) is 2. The number of aryl methyl sites for hydroxylation is 1. The van der Waals surface area contributed by atoms with Gasteiger partial charge >= 0.3 is 0 Å². The minimum atomic E-state index is 0.685. The predicted molar refractivity (Wildman–Crippen MR) is 69.2 cm³/mol. The van der Waals surface area contributed by atoms with E-state index in [0.717, 1.165) is 24.3 Å². The molecule has 0 aliphatic rings. The zero-order valence-corrected chi connectivity index (χ0v) is 10.5. The summed E-state index contributed by atoms with van der Waals surface area (Å²) in [5.41, 5.74) is 2.20. The molecule has 0 fully saturated rings. The number of hydrogen-bond acceptors (Lipinski definition) is 2. The second-order valence-corrected chi connectivity index (χ2v) is 4.17. The summed E-state index contributed by atoms with van der Waals surface area (Å²) in [5.74, 6) is 1.52. The average Bonchev–Trinajstić information content (AvgIpc) is 2.85. The van der Waals surface area contributed by atoms with Crippen LogP contribution in [0.15, 0.2) is 36.7 Å². The second-order valence-electron chi connectivity index (χ2n) is 3.79. The third-order valence-corrected chi connectivity index (χ3v) is 2.82. The third kappa shape index (κ3) is 3.01. The molecular formula is C13H15ClN2O. The standard InChI is InChI=1S/C13H15ClN2O/c1-17-13-6-2-5-12(8-13)16-10-11(9-15-16)4-3-7-14/h2,5-6,8-10H,3-4,7H2,1H3. The number of halogens is 1. The first kappa shape index (κ1) is 12.0. The van der Waals surface area contributed by atoms with Gasteiger partial charge in [0.05, 0.1) is 19.0 Å². The molecule has 1 heterocycles. The normalized spacial score (nSPS) is 10.5. The molecule has 4 heteroatoms. The highest BCUT2D eigenvalue weighted by molar-refractivity contribution is 6.17. The lowest BCUT2D eigenvalue weighted by molar-refractivity contribution is 0.414. The van der Waals surface area contributed by atoms with Gasteiger partial charge in [0.15, 0.2) is 0 Å². The van der Waals surface area contributed by atoms with E-state index >= 15 is 0 Å². The van der Waals surface area contributed by atoms with E-state index in [1.54, 1.807) is 7.11 Å². The van der Waals surface area contributed by atoms with Crippen LogP contribution < -0.4 is 4.74 Å². The van der Waals surface area contributed by atoms with E-state index in [9.17, 15) is 0 Å². The number of aromatic nitrogens is 2. The lowest BCUT2D eigenvalue weighted by atomic mass is 10.2. The lowest BCUT2D eigenvalue weighted by Gasteiger charge is -2.03. The molecule has 2 aromatic rings. The molecule has 0 atom stereocenters. The summed E-state index contributed by atoms with van der Waals surface area (Å²) in [6, 6.07) is 7.83. The minimum Gasteiger partial charge on any atom is -0.497 e. The van der Waals surface area contributed by atoms with Crippen molar-refractivity contribution in [3.8, 4) is 11.4 Å². The highest BCUT2D eigenvalue weighted by Crippen LogP contribution is 2.16. The maximum Gasteiger partial charge on any atom is 0.121 e. The van der Waals surface area contributed by atoms with Gasteiger partial charge in [-0.1, -0.05) is 6.07 Å². The number of rotatable bonds is 5. The van der Waals surface area contributed by atoms with Crippen LogP contribution in [0.1, 0.15) is 12.0 Å². The van der Waals surface area contributed by atoms with E-state index in [2.05, 4.69) is 5.10 Å². The van der Waals surface area contributed by atoms with Crippen molar-refractivity contribution in [1.82, 2.24) is 9.78 Å². The van der Waals surface area contributed by atoms with Gasteiger partial charge in [-0.15, -0.1) is 11.6 Å². The fourth-order valence-electron chi connectivity index (χ4n) is 1.65. The Labute approximate surface area is 106 Å². The molecule has 2 rings (SSSR count). The van der Waals surface area contributed by atoms with E-state index in [0.29, 0.717) is 5.88 Å². The van der Waals surface area contributed by atoms with Crippen molar-refractivity contribution >= 4 is 11.6 Å². The first-order chi connectivity index (χ1) is 8.33. The van der Waals surface area contributed by atoms with E-state index in [1.165, 1.54) is 5.56 Å². The molecule has 0 bridgehead atoms. The number of ether oxygens (including phenoxy) is 1. The molecule has 0 saturated heterocycles. The molecule has 0 amide bonds. The van der Waals surface area contributed by atoms with E-state index < -0.39 is 0 Å². The summed E-state index contributed by atoms with van der Waals surface area (Å²) >= 11 is 5.67. The first-order valence-corrected chi connectivity index (χ1v) is 6.11. The van der Waals surface area contributed by atoms with Crippen LogP contribution >= 0.6 is 11.6 Å².